The van der Waals surface area contributed by atoms with Gasteiger partial charge in [-0.05, 0) is 244 Å². The maximum Gasteiger partial charge on any atom is 0.115 e. The van der Waals surface area contributed by atoms with Crippen LogP contribution in [-0.2, 0) is 56.8 Å². The number of aliphatic hydroxyl groups is 5. The highest BCUT2D eigenvalue weighted by Crippen LogP contribution is 2.29. The molecule has 24 heteroatoms. The maximum atomic E-state index is 11.6. The van der Waals surface area contributed by atoms with Gasteiger partial charge in [0.1, 0.15) is 42.7 Å². The molecule has 602 valence electrons. The summed E-state index contributed by atoms with van der Waals surface area (Å²) >= 11 is 0. The van der Waals surface area contributed by atoms with E-state index in [0.29, 0.717) is 91.2 Å². The molecule has 24 nitrogen and oxygen atoms in total. The molecule has 0 spiro atoms. The Morgan fingerprint density at radius 3 is 1.13 bits per heavy atom. The van der Waals surface area contributed by atoms with Crippen molar-refractivity contribution in [3.05, 3.63) is 5.21 Å². The van der Waals surface area contributed by atoms with Crippen molar-refractivity contribution in [2.24, 2.45) is 0 Å². The van der Waals surface area contributed by atoms with Gasteiger partial charge in [-0.25, -0.2) is 0 Å². The molecule has 9 rings (SSSR count). The molecule has 0 aromatic rings. The average Bonchev–Trinajstić information content (AvgIpc) is 0.829. The van der Waals surface area contributed by atoms with Gasteiger partial charge in [0.25, 0.3) is 0 Å². The first-order valence-electron chi connectivity index (χ1n) is 37.9. The van der Waals surface area contributed by atoms with Crippen LogP contribution < -0.4 is 10.6 Å². The Bertz CT molecular complexity index is 1940. The lowest BCUT2D eigenvalue weighted by Gasteiger charge is -2.47. The Morgan fingerprint density at radius 1 is 0.410 bits per heavy atom. The van der Waals surface area contributed by atoms with Crippen molar-refractivity contribution >= 4 is 0 Å². The van der Waals surface area contributed by atoms with Crippen molar-refractivity contribution in [1.29, 1.82) is 0 Å². The fraction of sp³-hybridized carbons (Fsp3) is 1.00. The zero-order valence-electron chi connectivity index (χ0n) is 68.0. The molecule has 0 radical (unpaired) electrons. The van der Waals surface area contributed by atoms with E-state index in [-0.39, 0.29) is 79.7 Å². The van der Waals surface area contributed by atoms with Crippen molar-refractivity contribution in [2.45, 2.75) is 391 Å². The second kappa shape index (κ2) is 51.4. The minimum absolute atomic E-state index is 0. The van der Waals surface area contributed by atoms with Gasteiger partial charge in [-0.3, -0.25) is 0 Å². The molecule has 7 N–H and O–H groups in total. The first-order valence-corrected chi connectivity index (χ1v) is 37.9. The van der Waals surface area contributed by atoms with E-state index in [1.54, 1.807) is 35.2 Å². The summed E-state index contributed by atoms with van der Waals surface area (Å²) in [5, 5.41) is 64.7. The first-order chi connectivity index (χ1) is 46.2. The number of rotatable bonds is 10. The number of nitrogens with one attached hydrogen (secondary N) is 2. The second-order valence-corrected chi connectivity index (χ2v) is 30.9. The number of likely N-dealkylation sites (N-methyl/N-ethyl adjacent to an activating group) is 6. The quantitative estimate of drug-likeness (QED) is 0.0802. The fourth-order valence-corrected chi connectivity index (χ4v) is 14.6. The van der Waals surface area contributed by atoms with Crippen molar-refractivity contribution in [3.8, 4) is 0 Å². The van der Waals surface area contributed by atoms with Crippen LogP contribution in [0, 0.1) is 5.21 Å². The summed E-state index contributed by atoms with van der Waals surface area (Å²) in [5.41, 5.74) is 0. The molecule has 0 bridgehead atoms. The second-order valence-electron chi connectivity index (χ2n) is 30.9. The van der Waals surface area contributed by atoms with Crippen LogP contribution in [0.2, 0.25) is 0 Å². The summed E-state index contributed by atoms with van der Waals surface area (Å²) in [5.74, 6) is 0. The van der Waals surface area contributed by atoms with Crippen molar-refractivity contribution in [1.82, 2.24) is 25.3 Å². The molecule has 30 atom stereocenters. The predicted molar refractivity (Wildman–Crippen MR) is 402 cm³/mol. The summed E-state index contributed by atoms with van der Waals surface area (Å²) < 4.78 is 65.1. The largest absolute Gasteiger partial charge is 0.633 e. The molecule has 0 aliphatic carbocycles. The number of hydroxylamine groups is 3. The van der Waals surface area contributed by atoms with Crippen molar-refractivity contribution in [2.75, 3.05) is 105 Å². The third-order valence-electron chi connectivity index (χ3n) is 21.2. The zero-order chi connectivity index (χ0) is 75.8. The minimum Gasteiger partial charge on any atom is -0.633 e. The lowest BCUT2D eigenvalue weighted by molar-refractivity contribution is -0.872. The molecule has 100 heavy (non-hydrogen) atoms. The number of methoxy groups -OCH3 is 3. The Morgan fingerprint density at radius 2 is 0.800 bits per heavy atom. The lowest BCUT2D eigenvalue weighted by atomic mass is 9.96. The zero-order valence-corrected chi connectivity index (χ0v) is 68.0. The van der Waals surface area contributed by atoms with Gasteiger partial charge in [0.15, 0.2) is 0 Å². The van der Waals surface area contributed by atoms with Crippen LogP contribution in [0.25, 0.3) is 0 Å². The molecule has 0 aromatic carbocycles. The Hall–Kier alpha value is -0.960. The van der Waals surface area contributed by atoms with Crippen LogP contribution >= 0.6 is 0 Å². The predicted octanol–water partition coefficient (Wildman–Crippen LogP) is 8.22. The van der Waals surface area contributed by atoms with E-state index in [1.165, 1.54) is 58.5 Å². The normalized spacial score (nSPS) is 41.2. The van der Waals surface area contributed by atoms with Crippen LogP contribution in [0.5, 0.6) is 0 Å². The highest BCUT2D eigenvalue weighted by molar-refractivity contribution is 4.92. The van der Waals surface area contributed by atoms with E-state index in [1.807, 2.05) is 62.8 Å². The molecule has 9 aliphatic rings. The third kappa shape index (κ3) is 36.8. The van der Waals surface area contributed by atoms with Crippen LogP contribution in [0.3, 0.4) is 0 Å². The SMILES string of the molecule is C.CC1CCC(N(C)C)C(C)O1.CC1CCC(N(C)C)C(C)O1.CC1CCC(O)C(C)O1.CC1CCC([N+](C)(C)[O-])C(C)O1.CC1OCC(N(C)C)CC1O.CNC1CCC(C)OC1C.CNC1CCC(C)OC1C.COC1C(O)C(C)OC(CO)C1O.COC1CC(C)OC(C)C1OC. The van der Waals surface area contributed by atoms with Gasteiger partial charge in [-0.1, -0.05) is 7.43 Å². The molecule has 0 amide bonds. The number of quaternary nitrogens is 1. The first kappa shape index (κ1) is 99.0. The summed E-state index contributed by atoms with van der Waals surface area (Å²) in [6.07, 6.45) is 16.1. The number of aliphatic hydroxyl groups excluding tert-OH is 5. The summed E-state index contributed by atoms with van der Waals surface area (Å²) in [6, 6.07) is 2.85. The number of hydrogen-bond donors (Lipinski definition) is 7. The highest BCUT2D eigenvalue weighted by Gasteiger charge is 2.43. The van der Waals surface area contributed by atoms with E-state index in [9.17, 15) is 25.6 Å². The van der Waals surface area contributed by atoms with E-state index in [0.717, 1.165) is 45.1 Å². The van der Waals surface area contributed by atoms with E-state index < -0.39 is 30.5 Å². The Kier molecular flexibility index (Phi) is 50.9. The van der Waals surface area contributed by atoms with Gasteiger partial charge < -0.3 is 118 Å². The monoisotopic (exact) mass is 1450 g/mol. The molecule has 0 saturated carbocycles. The van der Waals surface area contributed by atoms with Gasteiger partial charge >= 0.3 is 0 Å². The van der Waals surface area contributed by atoms with E-state index in [4.69, 9.17) is 61.9 Å². The molecule has 0 aromatic heterocycles. The average molecular weight is 1450 g/mol. The van der Waals surface area contributed by atoms with Gasteiger partial charge in [0, 0.05) is 64.4 Å². The molecule has 9 fully saturated rings. The molecular weight excluding hydrogens is 1280 g/mol. The lowest BCUT2D eigenvalue weighted by Crippen LogP contribution is -2.58. The van der Waals surface area contributed by atoms with Crippen molar-refractivity contribution < 1.29 is 87.0 Å². The maximum absolute atomic E-state index is 11.6. The molecule has 30 unspecified atom stereocenters. The van der Waals surface area contributed by atoms with Crippen molar-refractivity contribution in [3.63, 3.8) is 0 Å². The van der Waals surface area contributed by atoms with Gasteiger partial charge in [-0.15, -0.1) is 0 Å². The molecular formula is C76H160N6O18. The van der Waals surface area contributed by atoms with Gasteiger partial charge in [0.2, 0.25) is 0 Å². The molecule has 9 heterocycles. The smallest absolute Gasteiger partial charge is 0.115 e. The van der Waals surface area contributed by atoms with Crippen LogP contribution in [-0.4, -0.2) is 333 Å². The third-order valence-corrected chi connectivity index (χ3v) is 21.2. The minimum atomic E-state index is -0.985. The van der Waals surface area contributed by atoms with Crippen LogP contribution in [0.4, 0.5) is 0 Å². The summed E-state index contributed by atoms with van der Waals surface area (Å²) in [7, 11) is 24.7. The molecule has 9 saturated heterocycles. The molecule has 9 aliphatic heterocycles. The van der Waals surface area contributed by atoms with Gasteiger partial charge in [-0.2, -0.15) is 0 Å². The summed E-state index contributed by atoms with van der Waals surface area (Å²) in [6.45, 7) is 33.4. The highest BCUT2D eigenvalue weighted by atomic mass is 16.6. The number of hydrogen-bond acceptors (Lipinski definition) is 23. The Labute approximate surface area is 611 Å². The van der Waals surface area contributed by atoms with E-state index in [2.05, 4.69) is 123 Å². The standard InChI is InChI=1S/C9H19NO2.2C9H19NO.C9H18O3.C8H17NO2.2C8H17NO.C8H16O5.C7H14O2.CH4/c1-7-5-6-9(8(2)12-7)10(3,4)11;2*1-7-5-6-9(10(3)4)8(2)11-7;1-6-5-8(10-3)9(11-4)7(2)12-6;1-6-8(10)4-7(5-11-6)9(2)3;2*1-6-4-5-8(9-3)7(2)10-6;1-4-6(10)8(12-2)7(11)5(3-9)13-4;1-5-3-4-7(8)6(2)9-5;/h7-9H,5-6H2,1-4H3;2*7-9H,5-6H2,1-4H3;6-9H,5H2,1-4H3;6-8,10H,4-5H2,1-3H3;2*6-9H,4-5H2,1-3H3;4-11H,3H2,1-2H3;5-8H,3-4H2,1-2H3;1H4. The van der Waals surface area contributed by atoms with Crippen LogP contribution in [0.15, 0.2) is 0 Å². The van der Waals surface area contributed by atoms with Crippen LogP contribution in [0.1, 0.15) is 208 Å². The summed E-state index contributed by atoms with van der Waals surface area (Å²) in [4.78, 5) is 6.61. The number of ether oxygens (including phenoxy) is 12. The number of nitrogens with zero attached hydrogens (tertiary/aromatic N) is 4. The van der Waals surface area contributed by atoms with Gasteiger partial charge in [0.05, 0.1) is 137 Å². The topological polar surface area (TPSA) is 269 Å². The Balaban J connectivity index is 0.00000110. The van der Waals surface area contributed by atoms with E-state index >= 15 is 0 Å². The fourth-order valence-electron chi connectivity index (χ4n) is 14.6.